The molecule has 0 saturated heterocycles. The molecule has 13 nitrogen and oxygen atoms in total. The van der Waals surface area contributed by atoms with Crippen LogP contribution in [-0.2, 0) is 31.5 Å². The Morgan fingerprint density at radius 2 is 1.90 bits per heavy atom. The number of nitrogen functional groups attached to an aromatic ring is 1. The zero-order valence-electron chi connectivity index (χ0n) is 21.7. The van der Waals surface area contributed by atoms with Gasteiger partial charge in [0, 0.05) is 12.1 Å². The third kappa shape index (κ3) is 7.10. The van der Waals surface area contributed by atoms with E-state index in [0.717, 1.165) is 0 Å². The minimum atomic E-state index is -4.02. The van der Waals surface area contributed by atoms with Gasteiger partial charge in [0.25, 0.3) is 5.56 Å². The Kier molecular flexibility index (Phi) is 9.27. The number of hydrogen-bond donors (Lipinski definition) is 2. The summed E-state index contributed by atoms with van der Waals surface area (Å²) in [6.45, 7) is -0.653. The number of benzene rings is 2. The maximum Gasteiger partial charge on any atom is 0.356 e. The molecule has 1 atom stereocenters. The first-order chi connectivity index (χ1) is 19.2. The summed E-state index contributed by atoms with van der Waals surface area (Å²) >= 11 is 0. The van der Waals surface area contributed by atoms with E-state index < -0.39 is 37.7 Å². The lowest BCUT2D eigenvalue weighted by molar-refractivity contribution is 0.0855. The SMILES string of the molecule is COc1ccc(C(=O)COP(=O)(COCCn2cnc3c(=O)[nH]c(N)nc32)OCc2ccc(OC)c(F)c2)cc1. The van der Waals surface area contributed by atoms with E-state index in [9.17, 15) is 18.5 Å². The number of carbonyl (C=O) groups excluding carboxylic acids is 1. The van der Waals surface area contributed by atoms with Gasteiger partial charge < -0.3 is 29.0 Å². The van der Waals surface area contributed by atoms with Crippen LogP contribution in [-0.4, -0.2) is 59.1 Å². The predicted octanol–water partition coefficient (Wildman–Crippen LogP) is 3.14. The molecule has 2 aromatic carbocycles. The Balaban J connectivity index is 1.41. The number of anilines is 1. The molecule has 0 fully saturated rings. The van der Waals surface area contributed by atoms with Gasteiger partial charge >= 0.3 is 7.60 Å². The van der Waals surface area contributed by atoms with E-state index in [4.69, 9.17) is 29.0 Å². The molecule has 40 heavy (non-hydrogen) atoms. The van der Waals surface area contributed by atoms with Gasteiger partial charge in [0.15, 0.2) is 28.5 Å². The molecule has 4 aromatic rings. The molecule has 0 bridgehead atoms. The number of H-pyrrole nitrogens is 1. The molecule has 212 valence electrons. The summed E-state index contributed by atoms with van der Waals surface area (Å²) < 4.78 is 55.7. The highest BCUT2D eigenvalue weighted by molar-refractivity contribution is 7.53. The lowest BCUT2D eigenvalue weighted by Gasteiger charge is -2.19. The zero-order valence-corrected chi connectivity index (χ0v) is 22.6. The number of rotatable bonds is 14. The van der Waals surface area contributed by atoms with E-state index in [1.54, 1.807) is 34.9 Å². The van der Waals surface area contributed by atoms with E-state index in [0.29, 0.717) is 16.9 Å². The number of carbonyl (C=O) groups is 1. The zero-order chi connectivity index (χ0) is 28.7. The number of methoxy groups -OCH3 is 2. The number of imidazole rings is 1. The van der Waals surface area contributed by atoms with E-state index in [-0.39, 0.29) is 42.6 Å². The molecule has 0 saturated carbocycles. The van der Waals surface area contributed by atoms with Crippen molar-refractivity contribution in [2.75, 3.05) is 39.5 Å². The molecule has 0 spiro atoms. The molecule has 0 amide bonds. The second kappa shape index (κ2) is 12.8. The quantitative estimate of drug-likeness (QED) is 0.129. The summed E-state index contributed by atoms with van der Waals surface area (Å²) in [5.41, 5.74) is 6.18. The van der Waals surface area contributed by atoms with Crippen molar-refractivity contribution < 1.29 is 37.0 Å². The van der Waals surface area contributed by atoms with Crippen LogP contribution in [0.3, 0.4) is 0 Å². The largest absolute Gasteiger partial charge is 0.497 e. The number of halogens is 1. The minimum Gasteiger partial charge on any atom is -0.497 e. The first kappa shape index (κ1) is 28.9. The van der Waals surface area contributed by atoms with E-state index in [1.165, 1.54) is 32.7 Å². The smallest absolute Gasteiger partial charge is 0.356 e. The van der Waals surface area contributed by atoms with E-state index in [2.05, 4.69) is 15.0 Å². The molecular formula is C25H27FN5O8P. The van der Waals surface area contributed by atoms with Crippen molar-refractivity contribution in [1.82, 2.24) is 19.5 Å². The van der Waals surface area contributed by atoms with E-state index >= 15 is 0 Å². The maximum atomic E-state index is 14.1. The molecule has 0 radical (unpaired) electrons. The molecule has 2 heterocycles. The van der Waals surface area contributed by atoms with Crippen LogP contribution in [0.1, 0.15) is 15.9 Å². The number of aromatic amines is 1. The van der Waals surface area contributed by atoms with Crippen LogP contribution in [0.4, 0.5) is 10.3 Å². The van der Waals surface area contributed by atoms with Gasteiger partial charge in [-0.15, -0.1) is 0 Å². The fraction of sp³-hybridized carbons (Fsp3) is 0.280. The highest BCUT2D eigenvalue weighted by Gasteiger charge is 2.27. The minimum absolute atomic E-state index is 0.000143. The lowest BCUT2D eigenvalue weighted by atomic mass is 10.1. The molecule has 2 aromatic heterocycles. The summed E-state index contributed by atoms with van der Waals surface area (Å²) in [4.78, 5) is 35.1. The van der Waals surface area contributed by atoms with Gasteiger partial charge in [0.05, 0.1) is 33.8 Å². The van der Waals surface area contributed by atoms with Gasteiger partial charge in [-0.3, -0.25) is 23.7 Å². The third-order valence-corrected chi connectivity index (χ3v) is 7.21. The van der Waals surface area contributed by atoms with Crippen molar-refractivity contribution in [2.45, 2.75) is 13.2 Å². The molecule has 15 heteroatoms. The summed E-state index contributed by atoms with van der Waals surface area (Å²) in [7, 11) is -1.18. The first-order valence-corrected chi connectivity index (χ1v) is 13.6. The van der Waals surface area contributed by atoms with Crippen LogP contribution in [0.25, 0.3) is 11.2 Å². The highest BCUT2D eigenvalue weighted by Crippen LogP contribution is 2.49. The van der Waals surface area contributed by atoms with E-state index in [1.807, 2.05) is 0 Å². The fourth-order valence-corrected chi connectivity index (χ4v) is 4.81. The van der Waals surface area contributed by atoms with Crippen molar-refractivity contribution >= 4 is 30.5 Å². The van der Waals surface area contributed by atoms with Gasteiger partial charge in [0.1, 0.15) is 18.7 Å². The van der Waals surface area contributed by atoms with Crippen molar-refractivity contribution in [3.8, 4) is 11.5 Å². The van der Waals surface area contributed by atoms with Crippen molar-refractivity contribution in [2.24, 2.45) is 0 Å². The Labute approximate surface area is 227 Å². The van der Waals surface area contributed by atoms with Crippen LogP contribution >= 0.6 is 7.60 Å². The number of nitrogens with one attached hydrogen (secondary N) is 1. The fourth-order valence-electron chi connectivity index (χ4n) is 3.58. The summed E-state index contributed by atoms with van der Waals surface area (Å²) in [5.74, 6) is -0.517. The third-order valence-electron chi connectivity index (χ3n) is 5.67. The van der Waals surface area contributed by atoms with Crippen LogP contribution in [0.2, 0.25) is 0 Å². The molecule has 1 unspecified atom stereocenters. The highest BCUT2D eigenvalue weighted by atomic mass is 31.2. The number of nitrogens with zero attached hydrogens (tertiary/aromatic N) is 3. The second-order valence-electron chi connectivity index (χ2n) is 8.38. The molecule has 3 N–H and O–H groups in total. The number of Topliss-reactive ketones (excluding diaryl/α,β-unsaturated/α-hetero) is 1. The van der Waals surface area contributed by atoms with Crippen LogP contribution in [0.5, 0.6) is 11.5 Å². The van der Waals surface area contributed by atoms with Gasteiger partial charge in [-0.2, -0.15) is 4.98 Å². The number of fused-ring (bicyclic) bond motifs is 1. The lowest BCUT2D eigenvalue weighted by Crippen LogP contribution is -2.14. The maximum absolute atomic E-state index is 14.1. The van der Waals surface area contributed by atoms with Gasteiger partial charge in [-0.25, -0.2) is 9.37 Å². The standard InChI is InChI=1S/C25H27FN5O8P/c1-35-18-6-4-17(5-7-18)20(32)13-39-40(34,38-12-16-3-8-21(36-2)19(26)11-16)15-37-10-9-31-14-28-22-23(31)29-25(27)30-24(22)33/h3-8,11,14H,9-10,12-13,15H2,1-2H3,(H3,27,29,30,33). The average molecular weight is 575 g/mol. The molecule has 0 aliphatic heterocycles. The van der Waals surface area contributed by atoms with Gasteiger partial charge in [-0.1, -0.05) is 6.07 Å². The Hall–Kier alpha value is -4.10. The van der Waals surface area contributed by atoms with Crippen molar-refractivity contribution in [3.05, 3.63) is 76.1 Å². The average Bonchev–Trinajstić information content (AvgIpc) is 3.36. The van der Waals surface area contributed by atoms with Crippen LogP contribution in [0, 0.1) is 5.82 Å². The summed E-state index contributed by atoms with van der Waals surface area (Å²) in [5, 5.41) is 0. The Morgan fingerprint density at radius 3 is 2.60 bits per heavy atom. The van der Waals surface area contributed by atoms with Crippen molar-refractivity contribution in [3.63, 3.8) is 0 Å². The molecule has 0 aliphatic carbocycles. The normalized spacial score (nSPS) is 12.8. The summed E-state index contributed by atoms with van der Waals surface area (Å²) in [6, 6.07) is 10.5. The predicted molar refractivity (Wildman–Crippen MR) is 142 cm³/mol. The Morgan fingerprint density at radius 1 is 1.12 bits per heavy atom. The molecular weight excluding hydrogens is 548 g/mol. The first-order valence-electron chi connectivity index (χ1n) is 11.9. The number of ketones is 1. The summed E-state index contributed by atoms with van der Waals surface area (Å²) in [6.07, 6.45) is 0.887. The topological polar surface area (TPSA) is 170 Å². The van der Waals surface area contributed by atoms with Crippen LogP contribution in [0.15, 0.2) is 53.6 Å². The number of hydrogen-bond acceptors (Lipinski definition) is 11. The number of nitrogens with two attached hydrogens (primary N) is 1. The molecule has 4 rings (SSSR count). The second-order valence-corrected chi connectivity index (χ2v) is 10.4. The monoisotopic (exact) mass is 575 g/mol. The van der Waals surface area contributed by atoms with Gasteiger partial charge in [0.2, 0.25) is 5.95 Å². The number of ether oxygens (including phenoxy) is 3. The Bertz CT molecular complexity index is 1590. The molecule has 0 aliphatic rings. The van der Waals surface area contributed by atoms with Crippen molar-refractivity contribution in [1.29, 1.82) is 0 Å². The van der Waals surface area contributed by atoms with Gasteiger partial charge in [-0.05, 0) is 42.0 Å². The van der Waals surface area contributed by atoms with Crippen LogP contribution < -0.4 is 20.8 Å². The number of aromatic nitrogens is 4.